The van der Waals surface area contributed by atoms with Gasteiger partial charge in [0.05, 0.1) is 5.02 Å². The average Bonchev–Trinajstić information content (AvgIpc) is 2.92. The largest absolute Gasteiger partial charge is 0.332 e. The highest BCUT2D eigenvalue weighted by Crippen LogP contribution is 2.27. The van der Waals surface area contributed by atoms with Gasteiger partial charge in [-0.2, -0.15) is 0 Å². The van der Waals surface area contributed by atoms with Crippen LogP contribution in [0, 0.1) is 0 Å². The minimum absolute atomic E-state index is 0.0428. The summed E-state index contributed by atoms with van der Waals surface area (Å²) in [6.07, 6.45) is 6.36. The van der Waals surface area contributed by atoms with E-state index in [1.807, 2.05) is 17.0 Å². The Morgan fingerprint density at radius 2 is 2.16 bits per heavy atom. The zero-order chi connectivity index (χ0) is 13.8. The second kappa shape index (κ2) is 6.58. The van der Waals surface area contributed by atoms with Crippen LogP contribution in [0.3, 0.4) is 0 Å². The molecule has 1 aliphatic carbocycles. The monoisotopic (exact) mass is 341 g/mol. The van der Waals surface area contributed by atoms with Crippen LogP contribution in [0.4, 0.5) is 0 Å². The minimum Gasteiger partial charge on any atom is -0.332 e. The van der Waals surface area contributed by atoms with Crippen LogP contribution in [0.1, 0.15) is 36.0 Å². The first-order chi connectivity index (χ1) is 9.13. The summed E-state index contributed by atoms with van der Waals surface area (Å²) >= 11 is 9.40. The third kappa shape index (κ3) is 3.40. The molecule has 2 rings (SSSR count). The zero-order valence-corrected chi connectivity index (χ0v) is 13.1. The lowest BCUT2D eigenvalue weighted by Gasteiger charge is -2.28. The predicted molar refractivity (Wildman–Crippen MR) is 82.6 cm³/mol. The maximum Gasteiger partial charge on any atom is 0.254 e. The standard InChI is InChI=1S/C15H17BrClNO/c1-2-9-18(12-5-3-4-6-12)15(19)11-7-8-13(16)14(17)10-11/h2,7-8,10,12H,1,3-6,9H2. The van der Waals surface area contributed by atoms with E-state index < -0.39 is 0 Å². The third-order valence-electron chi connectivity index (χ3n) is 3.52. The highest BCUT2D eigenvalue weighted by atomic mass is 79.9. The molecule has 1 aromatic carbocycles. The molecule has 1 saturated carbocycles. The zero-order valence-electron chi connectivity index (χ0n) is 10.7. The van der Waals surface area contributed by atoms with Crippen molar-refractivity contribution in [2.45, 2.75) is 31.7 Å². The molecule has 19 heavy (non-hydrogen) atoms. The average molecular weight is 343 g/mol. The van der Waals surface area contributed by atoms with Crippen LogP contribution in [0.25, 0.3) is 0 Å². The number of rotatable bonds is 4. The summed E-state index contributed by atoms with van der Waals surface area (Å²) in [5.74, 6) is 0.0428. The van der Waals surface area contributed by atoms with Gasteiger partial charge < -0.3 is 4.90 Å². The molecule has 102 valence electrons. The van der Waals surface area contributed by atoms with Gasteiger partial charge in [-0.15, -0.1) is 6.58 Å². The van der Waals surface area contributed by atoms with E-state index in [0.717, 1.165) is 17.3 Å². The number of benzene rings is 1. The first-order valence-corrected chi connectivity index (χ1v) is 7.67. The topological polar surface area (TPSA) is 20.3 Å². The van der Waals surface area contributed by atoms with Gasteiger partial charge in [0.25, 0.3) is 5.91 Å². The quantitative estimate of drug-likeness (QED) is 0.728. The molecule has 0 unspecified atom stereocenters. The van der Waals surface area contributed by atoms with Gasteiger partial charge >= 0.3 is 0 Å². The fourth-order valence-corrected chi connectivity index (χ4v) is 2.97. The Hall–Kier alpha value is -0.800. The molecule has 0 aliphatic heterocycles. The number of hydrogen-bond donors (Lipinski definition) is 0. The molecule has 0 N–H and O–H groups in total. The van der Waals surface area contributed by atoms with Crippen LogP contribution >= 0.6 is 27.5 Å². The van der Waals surface area contributed by atoms with Crippen molar-refractivity contribution >= 4 is 33.4 Å². The molecule has 1 fully saturated rings. The van der Waals surface area contributed by atoms with Crippen molar-refractivity contribution in [2.75, 3.05) is 6.54 Å². The van der Waals surface area contributed by atoms with Gasteiger partial charge in [0.2, 0.25) is 0 Å². The van der Waals surface area contributed by atoms with Crippen LogP contribution < -0.4 is 0 Å². The van der Waals surface area contributed by atoms with Gasteiger partial charge in [0, 0.05) is 22.6 Å². The number of nitrogens with zero attached hydrogens (tertiary/aromatic N) is 1. The van der Waals surface area contributed by atoms with Crippen LogP contribution in [0.2, 0.25) is 5.02 Å². The molecule has 4 heteroatoms. The summed E-state index contributed by atoms with van der Waals surface area (Å²) < 4.78 is 0.807. The molecule has 2 nitrogen and oxygen atoms in total. The normalized spacial score (nSPS) is 15.5. The Morgan fingerprint density at radius 1 is 1.47 bits per heavy atom. The lowest BCUT2D eigenvalue weighted by molar-refractivity contribution is 0.0706. The molecule has 1 amide bonds. The number of amides is 1. The van der Waals surface area contributed by atoms with Crippen molar-refractivity contribution in [1.82, 2.24) is 4.90 Å². The van der Waals surface area contributed by atoms with E-state index >= 15 is 0 Å². The van der Waals surface area contributed by atoms with Gasteiger partial charge in [0.15, 0.2) is 0 Å². The van der Waals surface area contributed by atoms with Gasteiger partial charge in [-0.3, -0.25) is 4.79 Å². The summed E-state index contributed by atoms with van der Waals surface area (Å²) in [6, 6.07) is 5.69. The van der Waals surface area contributed by atoms with Crippen molar-refractivity contribution in [1.29, 1.82) is 0 Å². The molecule has 0 bridgehead atoms. The molecular weight excluding hydrogens is 326 g/mol. The smallest absolute Gasteiger partial charge is 0.254 e. The lowest BCUT2D eigenvalue weighted by Crippen LogP contribution is -2.38. The molecular formula is C15H17BrClNO. The molecule has 0 aromatic heterocycles. The Bertz CT molecular complexity index is 483. The first-order valence-electron chi connectivity index (χ1n) is 6.50. The van der Waals surface area contributed by atoms with E-state index in [1.165, 1.54) is 12.8 Å². The maximum atomic E-state index is 12.6. The Kier molecular flexibility index (Phi) is 5.06. The summed E-state index contributed by atoms with van der Waals surface area (Å²) in [5, 5.41) is 0.566. The minimum atomic E-state index is 0.0428. The highest BCUT2D eigenvalue weighted by molar-refractivity contribution is 9.10. The lowest BCUT2D eigenvalue weighted by atomic mass is 10.1. The van der Waals surface area contributed by atoms with Gasteiger partial charge in [0.1, 0.15) is 0 Å². The van der Waals surface area contributed by atoms with Crippen LogP contribution in [-0.4, -0.2) is 23.4 Å². The third-order valence-corrected chi connectivity index (χ3v) is 4.75. The first kappa shape index (κ1) is 14.6. The summed E-state index contributed by atoms with van der Waals surface area (Å²) in [4.78, 5) is 14.5. The molecule has 0 saturated heterocycles. The molecule has 1 aliphatic rings. The van der Waals surface area contributed by atoms with Crippen LogP contribution in [0.15, 0.2) is 35.3 Å². The molecule has 0 radical (unpaired) electrons. The van der Waals surface area contributed by atoms with Crippen molar-refractivity contribution in [3.05, 3.63) is 45.9 Å². The molecule has 0 spiro atoms. The van der Waals surface area contributed by atoms with E-state index in [4.69, 9.17) is 11.6 Å². The molecule has 1 aromatic rings. The van der Waals surface area contributed by atoms with Gasteiger partial charge in [-0.25, -0.2) is 0 Å². The fraction of sp³-hybridized carbons (Fsp3) is 0.400. The van der Waals surface area contributed by atoms with E-state index in [0.29, 0.717) is 23.2 Å². The van der Waals surface area contributed by atoms with Crippen LogP contribution in [-0.2, 0) is 0 Å². The SMILES string of the molecule is C=CCN(C(=O)c1ccc(Br)c(Cl)c1)C1CCCC1. The Morgan fingerprint density at radius 3 is 2.74 bits per heavy atom. The number of carbonyl (C=O) groups is 1. The molecule has 0 heterocycles. The molecule has 0 atom stereocenters. The van der Waals surface area contributed by atoms with Gasteiger partial charge in [-0.05, 0) is 47.0 Å². The van der Waals surface area contributed by atoms with E-state index in [1.54, 1.807) is 12.1 Å². The van der Waals surface area contributed by atoms with Crippen molar-refractivity contribution in [2.24, 2.45) is 0 Å². The van der Waals surface area contributed by atoms with Crippen LogP contribution in [0.5, 0.6) is 0 Å². The summed E-state index contributed by atoms with van der Waals surface area (Å²) in [6.45, 7) is 4.35. The van der Waals surface area contributed by atoms with E-state index in [-0.39, 0.29) is 5.91 Å². The van der Waals surface area contributed by atoms with E-state index in [9.17, 15) is 4.79 Å². The van der Waals surface area contributed by atoms with E-state index in [2.05, 4.69) is 22.5 Å². The second-order valence-corrected chi connectivity index (χ2v) is 6.07. The maximum absolute atomic E-state index is 12.6. The van der Waals surface area contributed by atoms with Gasteiger partial charge in [-0.1, -0.05) is 30.5 Å². The fourth-order valence-electron chi connectivity index (χ4n) is 2.55. The number of carbonyl (C=O) groups excluding carboxylic acids is 1. The second-order valence-electron chi connectivity index (χ2n) is 4.81. The van der Waals surface area contributed by atoms with Crippen molar-refractivity contribution in [3.8, 4) is 0 Å². The van der Waals surface area contributed by atoms with Crippen molar-refractivity contribution in [3.63, 3.8) is 0 Å². The number of halogens is 2. The highest BCUT2D eigenvalue weighted by Gasteiger charge is 2.26. The van der Waals surface area contributed by atoms with Crippen molar-refractivity contribution < 1.29 is 4.79 Å². The Balaban J connectivity index is 2.22. The summed E-state index contributed by atoms with van der Waals surface area (Å²) in [7, 11) is 0. The predicted octanol–water partition coefficient (Wildman–Crippen LogP) is 4.67. The Labute approximate surface area is 127 Å². The number of hydrogen-bond acceptors (Lipinski definition) is 1. The summed E-state index contributed by atoms with van der Waals surface area (Å²) in [5.41, 5.74) is 0.641.